The molecule has 1 aliphatic rings. The van der Waals surface area contributed by atoms with Crippen LogP contribution in [0.5, 0.6) is 0 Å². The van der Waals surface area contributed by atoms with E-state index in [1.54, 1.807) is 25.1 Å². The third-order valence-corrected chi connectivity index (χ3v) is 3.22. The number of esters is 1. The van der Waals surface area contributed by atoms with E-state index in [1.807, 2.05) is 0 Å². The number of ether oxygens (including phenoxy) is 3. The minimum absolute atomic E-state index is 0.430. The molecule has 1 saturated heterocycles. The molecule has 6 heteroatoms. The lowest BCUT2D eigenvalue weighted by atomic mass is 10.0. The molecular weight excluding hydrogens is 279 g/mol. The lowest BCUT2D eigenvalue weighted by Gasteiger charge is -2.16. The number of rotatable bonds is 2. The SMILES string of the molecule is COC(=O)[C@H]1O[C@@H](C)O[C@H]1c1ccc(Cl)cc1Cl. The summed E-state index contributed by atoms with van der Waals surface area (Å²) in [5.41, 5.74) is 0.654. The van der Waals surface area contributed by atoms with Gasteiger partial charge in [-0.15, -0.1) is 0 Å². The quantitative estimate of drug-likeness (QED) is 0.786. The minimum Gasteiger partial charge on any atom is -0.467 e. The summed E-state index contributed by atoms with van der Waals surface area (Å²) in [6, 6.07) is 5.00. The molecule has 4 nitrogen and oxygen atoms in total. The summed E-state index contributed by atoms with van der Waals surface area (Å²) < 4.78 is 15.6. The lowest BCUT2D eigenvalue weighted by Crippen LogP contribution is -2.27. The second-order valence-electron chi connectivity index (χ2n) is 3.87. The third kappa shape index (κ3) is 2.62. The van der Waals surface area contributed by atoms with Gasteiger partial charge in [-0.3, -0.25) is 0 Å². The van der Waals surface area contributed by atoms with Crippen LogP contribution >= 0.6 is 23.2 Å². The highest BCUT2D eigenvalue weighted by Gasteiger charge is 2.41. The molecule has 98 valence electrons. The molecule has 1 aliphatic heterocycles. The number of carbonyl (C=O) groups excluding carboxylic acids is 1. The van der Waals surface area contributed by atoms with Crippen LogP contribution < -0.4 is 0 Å². The average Bonchev–Trinajstić information content (AvgIpc) is 2.70. The molecule has 0 unspecified atom stereocenters. The van der Waals surface area contributed by atoms with E-state index in [9.17, 15) is 4.79 Å². The summed E-state index contributed by atoms with van der Waals surface area (Å²) in [4.78, 5) is 11.6. The second kappa shape index (κ2) is 5.45. The van der Waals surface area contributed by atoms with E-state index >= 15 is 0 Å². The van der Waals surface area contributed by atoms with Crippen molar-refractivity contribution in [3.8, 4) is 0 Å². The van der Waals surface area contributed by atoms with Gasteiger partial charge >= 0.3 is 5.97 Å². The first-order chi connectivity index (χ1) is 8.52. The largest absolute Gasteiger partial charge is 0.467 e. The predicted octanol–water partition coefficient (Wildman–Crippen LogP) is 2.97. The smallest absolute Gasteiger partial charge is 0.338 e. The Balaban J connectivity index is 2.32. The Bertz CT molecular complexity index is 463. The van der Waals surface area contributed by atoms with Crippen LogP contribution in [0.3, 0.4) is 0 Å². The highest BCUT2D eigenvalue weighted by molar-refractivity contribution is 6.35. The van der Waals surface area contributed by atoms with Crippen LogP contribution in [0, 0.1) is 0 Å². The molecule has 1 aromatic carbocycles. The van der Waals surface area contributed by atoms with E-state index in [-0.39, 0.29) is 0 Å². The van der Waals surface area contributed by atoms with Gasteiger partial charge in [-0.05, 0) is 19.1 Å². The van der Waals surface area contributed by atoms with Gasteiger partial charge in [-0.25, -0.2) is 4.79 Å². The summed E-state index contributed by atoms with van der Waals surface area (Å²) in [5, 5.41) is 0.949. The fraction of sp³-hybridized carbons (Fsp3) is 0.417. The molecule has 1 aromatic rings. The second-order valence-corrected chi connectivity index (χ2v) is 4.71. The van der Waals surface area contributed by atoms with Crippen molar-refractivity contribution in [1.82, 2.24) is 0 Å². The first-order valence-corrected chi connectivity index (χ1v) is 6.12. The van der Waals surface area contributed by atoms with Crippen LogP contribution in [0.4, 0.5) is 0 Å². The van der Waals surface area contributed by atoms with Gasteiger partial charge < -0.3 is 14.2 Å². The van der Waals surface area contributed by atoms with Gasteiger partial charge in [0.2, 0.25) is 0 Å². The zero-order valence-corrected chi connectivity index (χ0v) is 11.4. The molecule has 18 heavy (non-hydrogen) atoms. The highest BCUT2D eigenvalue weighted by atomic mass is 35.5. The molecule has 0 N–H and O–H groups in total. The lowest BCUT2D eigenvalue weighted by molar-refractivity contribution is -0.153. The van der Waals surface area contributed by atoms with Crippen LogP contribution in [-0.2, 0) is 19.0 Å². The van der Waals surface area contributed by atoms with Crippen LogP contribution in [0.2, 0.25) is 10.0 Å². The number of carbonyl (C=O) groups is 1. The summed E-state index contributed by atoms with van der Waals surface area (Å²) in [6.45, 7) is 1.71. The van der Waals surface area contributed by atoms with Crippen molar-refractivity contribution in [2.75, 3.05) is 7.11 Å². The maximum atomic E-state index is 11.6. The summed E-state index contributed by atoms with van der Waals surface area (Å²) in [5.74, 6) is -0.490. The van der Waals surface area contributed by atoms with Crippen molar-refractivity contribution in [3.63, 3.8) is 0 Å². The number of halogens is 2. The van der Waals surface area contributed by atoms with Crippen molar-refractivity contribution in [2.24, 2.45) is 0 Å². The van der Waals surface area contributed by atoms with E-state index in [1.165, 1.54) is 7.11 Å². The number of hydrogen-bond acceptors (Lipinski definition) is 4. The maximum absolute atomic E-state index is 11.6. The summed E-state index contributed by atoms with van der Waals surface area (Å²) >= 11 is 11.9. The predicted molar refractivity (Wildman–Crippen MR) is 66.6 cm³/mol. The molecule has 0 amide bonds. The van der Waals surface area contributed by atoms with Gasteiger partial charge in [0, 0.05) is 15.6 Å². The Morgan fingerprint density at radius 2 is 2.06 bits per heavy atom. The Hall–Kier alpha value is -0.810. The van der Waals surface area contributed by atoms with Crippen molar-refractivity contribution < 1.29 is 19.0 Å². The standard InChI is InChI=1S/C12H12Cl2O4/c1-6-17-10(11(18-6)12(15)16-2)8-4-3-7(13)5-9(8)14/h3-6,10-11H,1-2H3/t6-,10-,11-/m0/s1. The van der Waals surface area contributed by atoms with Crippen LogP contribution in [0.15, 0.2) is 18.2 Å². The van der Waals surface area contributed by atoms with E-state index in [0.717, 1.165) is 0 Å². The third-order valence-electron chi connectivity index (χ3n) is 2.65. The minimum atomic E-state index is -0.816. The monoisotopic (exact) mass is 290 g/mol. The molecule has 0 spiro atoms. The van der Waals surface area contributed by atoms with Gasteiger partial charge in [0.15, 0.2) is 12.4 Å². The Kier molecular flexibility index (Phi) is 4.12. The van der Waals surface area contributed by atoms with Crippen molar-refractivity contribution >= 4 is 29.2 Å². The Labute approximate surface area is 115 Å². The van der Waals surface area contributed by atoms with E-state index < -0.39 is 24.5 Å². The molecule has 1 heterocycles. The molecular formula is C12H12Cl2O4. The zero-order valence-electron chi connectivity index (χ0n) is 9.85. The molecule has 3 atom stereocenters. The Morgan fingerprint density at radius 1 is 1.33 bits per heavy atom. The van der Waals surface area contributed by atoms with Gasteiger partial charge in [0.1, 0.15) is 6.10 Å². The zero-order chi connectivity index (χ0) is 13.3. The van der Waals surface area contributed by atoms with Crippen LogP contribution in [0.25, 0.3) is 0 Å². The molecule has 0 saturated carbocycles. The summed E-state index contributed by atoms with van der Waals surface area (Å²) in [7, 11) is 1.30. The summed E-state index contributed by atoms with van der Waals surface area (Å²) in [6.07, 6.45) is -1.90. The number of methoxy groups -OCH3 is 1. The highest BCUT2D eigenvalue weighted by Crippen LogP contribution is 2.37. The fourth-order valence-corrected chi connectivity index (χ4v) is 2.37. The molecule has 2 rings (SSSR count). The molecule has 0 aliphatic carbocycles. The van der Waals surface area contributed by atoms with Crippen LogP contribution in [0.1, 0.15) is 18.6 Å². The topological polar surface area (TPSA) is 44.8 Å². The van der Waals surface area contributed by atoms with Crippen molar-refractivity contribution in [1.29, 1.82) is 0 Å². The number of benzene rings is 1. The van der Waals surface area contributed by atoms with Crippen molar-refractivity contribution in [2.45, 2.75) is 25.4 Å². The first kappa shape index (κ1) is 13.6. The molecule has 0 aromatic heterocycles. The molecule has 1 fully saturated rings. The van der Waals surface area contributed by atoms with Gasteiger partial charge in [-0.1, -0.05) is 29.3 Å². The van der Waals surface area contributed by atoms with Gasteiger partial charge in [0.05, 0.1) is 7.11 Å². The van der Waals surface area contributed by atoms with Crippen molar-refractivity contribution in [3.05, 3.63) is 33.8 Å². The number of hydrogen-bond donors (Lipinski definition) is 0. The fourth-order valence-electron chi connectivity index (χ4n) is 1.85. The van der Waals surface area contributed by atoms with Gasteiger partial charge in [0.25, 0.3) is 0 Å². The molecule has 0 bridgehead atoms. The maximum Gasteiger partial charge on any atom is 0.338 e. The Morgan fingerprint density at radius 3 is 2.67 bits per heavy atom. The van der Waals surface area contributed by atoms with Gasteiger partial charge in [-0.2, -0.15) is 0 Å². The molecule has 0 radical (unpaired) electrons. The van der Waals surface area contributed by atoms with E-state index in [4.69, 9.17) is 32.7 Å². The van der Waals surface area contributed by atoms with E-state index in [0.29, 0.717) is 15.6 Å². The normalized spacial score (nSPS) is 27.2. The van der Waals surface area contributed by atoms with Crippen LogP contribution in [-0.4, -0.2) is 25.5 Å². The van der Waals surface area contributed by atoms with E-state index in [2.05, 4.69) is 4.74 Å². The average molecular weight is 291 g/mol. The first-order valence-electron chi connectivity index (χ1n) is 5.36.